The lowest BCUT2D eigenvalue weighted by molar-refractivity contribution is -0.122. The normalized spacial score (nSPS) is 15.6. The molecule has 1 saturated heterocycles. The Kier molecular flexibility index (Phi) is 6.92. The van der Waals surface area contributed by atoms with Gasteiger partial charge in [0.1, 0.15) is 6.54 Å². The Labute approximate surface area is 228 Å². The summed E-state index contributed by atoms with van der Waals surface area (Å²) in [6.07, 6.45) is 3.35. The number of hydrogen-bond donors (Lipinski definition) is 2. The number of anilines is 1. The summed E-state index contributed by atoms with van der Waals surface area (Å²) in [6.45, 7) is 2.15. The predicted molar refractivity (Wildman–Crippen MR) is 146 cm³/mol. The fourth-order valence-corrected chi connectivity index (χ4v) is 5.60. The SMILES string of the molecule is O=C(CN1Cc2ccc(-c3nc(NC4CCOCC4)ncc3Cl)cc2C1=O)NCc1ccc2scnc2c1. The van der Waals surface area contributed by atoms with Crippen LogP contribution in [0.25, 0.3) is 21.5 Å². The van der Waals surface area contributed by atoms with Crippen LogP contribution in [0.3, 0.4) is 0 Å². The third kappa shape index (κ3) is 5.20. The lowest BCUT2D eigenvalue weighted by Crippen LogP contribution is -2.37. The first-order valence-electron chi connectivity index (χ1n) is 12.4. The van der Waals surface area contributed by atoms with Gasteiger partial charge in [0.25, 0.3) is 5.91 Å². The standard InChI is InChI=1S/C27H25ClN6O3S/c28-21-12-30-27(32-19-5-7-37-8-6-19)33-25(21)17-2-3-18-13-34(26(36)20(18)10-17)14-24(35)29-11-16-1-4-23-22(9-16)31-15-38-23/h1-4,9-10,12,15,19H,5-8,11,13-14H2,(H,29,35)(H,30,32,33). The molecule has 4 aromatic rings. The van der Waals surface area contributed by atoms with Gasteiger partial charge in [-0.1, -0.05) is 29.8 Å². The fraction of sp³-hybridized carbons (Fsp3) is 0.296. The maximum Gasteiger partial charge on any atom is 0.254 e. The zero-order valence-electron chi connectivity index (χ0n) is 20.4. The van der Waals surface area contributed by atoms with Gasteiger partial charge in [-0.2, -0.15) is 0 Å². The van der Waals surface area contributed by atoms with Crippen LogP contribution < -0.4 is 10.6 Å². The Morgan fingerprint density at radius 3 is 2.89 bits per heavy atom. The zero-order chi connectivity index (χ0) is 26.1. The summed E-state index contributed by atoms with van der Waals surface area (Å²) in [5.74, 6) is 0.0920. The number of thiazole rings is 1. The van der Waals surface area contributed by atoms with E-state index < -0.39 is 0 Å². The Morgan fingerprint density at radius 2 is 2.03 bits per heavy atom. The molecule has 0 aliphatic carbocycles. The van der Waals surface area contributed by atoms with Crippen LogP contribution in [0, 0.1) is 0 Å². The van der Waals surface area contributed by atoms with E-state index in [9.17, 15) is 9.59 Å². The monoisotopic (exact) mass is 548 g/mol. The molecule has 2 aliphatic heterocycles. The Bertz CT molecular complexity index is 1520. The van der Waals surface area contributed by atoms with Gasteiger partial charge in [-0.15, -0.1) is 11.3 Å². The van der Waals surface area contributed by atoms with Crippen molar-refractivity contribution in [3.8, 4) is 11.3 Å². The van der Waals surface area contributed by atoms with Crippen molar-refractivity contribution in [2.45, 2.75) is 32.0 Å². The number of carbonyl (C=O) groups is 2. The molecular weight excluding hydrogens is 524 g/mol. The van der Waals surface area contributed by atoms with Crippen molar-refractivity contribution in [2.24, 2.45) is 0 Å². The lowest BCUT2D eigenvalue weighted by atomic mass is 10.0. The van der Waals surface area contributed by atoms with Gasteiger partial charge >= 0.3 is 0 Å². The molecule has 0 spiro atoms. The number of fused-ring (bicyclic) bond motifs is 2. The minimum atomic E-state index is -0.215. The summed E-state index contributed by atoms with van der Waals surface area (Å²) in [7, 11) is 0. The summed E-state index contributed by atoms with van der Waals surface area (Å²) in [5, 5.41) is 6.67. The minimum absolute atomic E-state index is 0.0186. The molecule has 2 aromatic carbocycles. The van der Waals surface area contributed by atoms with Gasteiger partial charge in [0.15, 0.2) is 0 Å². The van der Waals surface area contributed by atoms with Gasteiger partial charge in [0.05, 0.1) is 32.6 Å². The number of aromatic nitrogens is 3. The molecule has 0 unspecified atom stereocenters. The molecular formula is C27H25ClN6O3S. The van der Waals surface area contributed by atoms with Gasteiger partial charge in [-0.25, -0.2) is 15.0 Å². The smallest absolute Gasteiger partial charge is 0.254 e. The Morgan fingerprint density at radius 1 is 1.16 bits per heavy atom. The summed E-state index contributed by atoms with van der Waals surface area (Å²) in [6, 6.07) is 11.8. The van der Waals surface area contributed by atoms with Crippen LogP contribution in [0.15, 0.2) is 48.1 Å². The maximum absolute atomic E-state index is 13.2. The van der Waals surface area contributed by atoms with Crippen LogP contribution in [0.4, 0.5) is 5.95 Å². The highest BCUT2D eigenvalue weighted by Crippen LogP contribution is 2.31. The Balaban J connectivity index is 1.11. The Hall–Kier alpha value is -3.60. The number of rotatable bonds is 7. The van der Waals surface area contributed by atoms with Crippen LogP contribution in [0.2, 0.25) is 5.02 Å². The van der Waals surface area contributed by atoms with Gasteiger partial charge in [-0.3, -0.25) is 9.59 Å². The molecule has 2 N–H and O–H groups in total. The first-order valence-corrected chi connectivity index (χ1v) is 13.7. The molecule has 0 radical (unpaired) electrons. The van der Waals surface area contributed by atoms with Crippen molar-refractivity contribution in [3.05, 3.63) is 69.8 Å². The summed E-state index contributed by atoms with van der Waals surface area (Å²) in [5.41, 5.74) is 6.38. The molecule has 6 rings (SSSR count). The van der Waals surface area contributed by atoms with E-state index in [1.165, 1.54) is 0 Å². The van der Waals surface area contributed by atoms with Gasteiger partial charge in [0.2, 0.25) is 11.9 Å². The van der Waals surface area contributed by atoms with Crippen LogP contribution in [0.5, 0.6) is 0 Å². The average molecular weight is 549 g/mol. The van der Waals surface area contributed by atoms with E-state index in [-0.39, 0.29) is 24.4 Å². The molecule has 2 aliphatic rings. The number of halogens is 1. The van der Waals surface area contributed by atoms with Crippen molar-refractivity contribution in [3.63, 3.8) is 0 Å². The van der Waals surface area contributed by atoms with E-state index in [0.29, 0.717) is 48.5 Å². The molecule has 38 heavy (non-hydrogen) atoms. The minimum Gasteiger partial charge on any atom is -0.381 e. The molecule has 194 valence electrons. The second-order valence-electron chi connectivity index (χ2n) is 9.39. The van der Waals surface area contributed by atoms with E-state index >= 15 is 0 Å². The van der Waals surface area contributed by atoms with Crippen LogP contribution in [-0.4, -0.2) is 57.5 Å². The summed E-state index contributed by atoms with van der Waals surface area (Å²) < 4.78 is 6.52. The number of hydrogen-bond acceptors (Lipinski definition) is 8. The van der Waals surface area contributed by atoms with E-state index in [2.05, 4.69) is 25.6 Å². The van der Waals surface area contributed by atoms with Crippen molar-refractivity contribution in [1.82, 2.24) is 25.2 Å². The van der Waals surface area contributed by atoms with Gasteiger partial charge in [0, 0.05) is 43.5 Å². The van der Waals surface area contributed by atoms with Crippen molar-refractivity contribution in [2.75, 3.05) is 25.1 Å². The molecule has 1 fully saturated rings. The van der Waals surface area contributed by atoms with Crippen LogP contribution in [0.1, 0.15) is 34.3 Å². The van der Waals surface area contributed by atoms with Crippen molar-refractivity contribution in [1.29, 1.82) is 0 Å². The van der Waals surface area contributed by atoms with Crippen molar-refractivity contribution >= 4 is 50.9 Å². The first kappa shape index (κ1) is 24.7. The quantitative estimate of drug-likeness (QED) is 0.355. The molecule has 2 aromatic heterocycles. The van der Waals surface area contributed by atoms with Crippen molar-refractivity contribution < 1.29 is 14.3 Å². The third-order valence-corrected chi connectivity index (χ3v) is 7.87. The summed E-state index contributed by atoms with van der Waals surface area (Å²) >= 11 is 8.02. The highest BCUT2D eigenvalue weighted by Gasteiger charge is 2.29. The zero-order valence-corrected chi connectivity index (χ0v) is 22.0. The lowest BCUT2D eigenvalue weighted by Gasteiger charge is -2.23. The molecule has 0 atom stereocenters. The highest BCUT2D eigenvalue weighted by atomic mass is 35.5. The number of ether oxygens (including phenoxy) is 1. The second kappa shape index (κ2) is 10.6. The number of carbonyl (C=O) groups excluding carboxylic acids is 2. The van der Waals surface area contributed by atoms with Crippen LogP contribution in [-0.2, 0) is 22.6 Å². The van der Waals surface area contributed by atoms with E-state index in [4.69, 9.17) is 16.3 Å². The number of amides is 2. The first-order chi connectivity index (χ1) is 18.5. The molecule has 2 amide bonds. The van der Waals surface area contributed by atoms with E-state index in [0.717, 1.165) is 39.7 Å². The molecule has 0 saturated carbocycles. The number of nitrogens with one attached hydrogen (secondary N) is 2. The van der Waals surface area contributed by atoms with Gasteiger partial charge in [-0.05, 0) is 42.2 Å². The van der Waals surface area contributed by atoms with Gasteiger partial charge < -0.3 is 20.3 Å². The molecule has 11 heteroatoms. The number of benzene rings is 2. The molecule has 4 heterocycles. The molecule has 0 bridgehead atoms. The third-order valence-electron chi connectivity index (χ3n) is 6.78. The van der Waals surface area contributed by atoms with E-state index in [1.807, 2.05) is 30.3 Å². The van der Waals surface area contributed by atoms with E-state index in [1.54, 1.807) is 34.0 Å². The molecule has 9 nitrogen and oxygen atoms in total. The largest absolute Gasteiger partial charge is 0.381 e. The van der Waals surface area contributed by atoms with Crippen LogP contribution >= 0.6 is 22.9 Å². The fourth-order valence-electron chi connectivity index (χ4n) is 4.74. The number of nitrogens with zero attached hydrogens (tertiary/aromatic N) is 4. The predicted octanol–water partition coefficient (Wildman–Crippen LogP) is 4.27. The maximum atomic E-state index is 13.2. The topological polar surface area (TPSA) is 109 Å². The summed E-state index contributed by atoms with van der Waals surface area (Å²) in [4.78, 5) is 40.6. The highest BCUT2D eigenvalue weighted by molar-refractivity contribution is 7.16. The second-order valence-corrected chi connectivity index (χ2v) is 10.7. The average Bonchev–Trinajstić information content (AvgIpc) is 3.53.